The first-order chi connectivity index (χ1) is 12.0. The van der Waals surface area contributed by atoms with Crippen LogP contribution in [-0.2, 0) is 9.47 Å². The average Bonchev–Trinajstić information content (AvgIpc) is 2.63. The summed E-state index contributed by atoms with van der Waals surface area (Å²) in [5.74, 6) is 0. The molecule has 2 heterocycles. The maximum absolute atomic E-state index is 10.3. The van der Waals surface area contributed by atoms with E-state index in [0.717, 1.165) is 18.4 Å². The highest BCUT2D eigenvalue weighted by molar-refractivity contribution is 6.32. The maximum atomic E-state index is 10.3. The monoisotopic (exact) mass is 370 g/mol. The summed E-state index contributed by atoms with van der Waals surface area (Å²) in [6, 6.07) is 5.22. The van der Waals surface area contributed by atoms with Crippen LogP contribution >= 0.6 is 11.6 Å². The standard InChI is InChI=1S/C18H23ClO6/c19-13-2-1-11(8-12(13)7-10-3-5-24-6-4-10)18-17(23)16(22)15(21)14(9-20)25-18/h1-2,7-8,14-18,20-23H,3-6,9H2/t14-,15-,16+,17-,18+/m1/s1. The van der Waals surface area contributed by atoms with Crippen molar-refractivity contribution in [1.82, 2.24) is 0 Å². The van der Waals surface area contributed by atoms with Gasteiger partial charge >= 0.3 is 0 Å². The molecule has 5 atom stereocenters. The zero-order valence-corrected chi connectivity index (χ0v) is 14.5. The molecule has 0 radical (unpaired) electrons. The minimum absolute atomic E-state index is 0.452. The van der Waals surface area contributed by atoms with Crippen LogP contribution in [-0.4, -0.2) is 64.7 Å². The summed E-state index contributed by atoms with van der Waals surface area (Å²) in [6.45, 7) is 0.928. The first kappa shape index (κ1) is 18.8. The molecular formula is C18H23ClO6. The van der Waals surface area contributed by atoms with E-state index in [1.165, 1.54) is 5.57 Å². The van der Waals surface area contributed by atoms with Crippen molar-refractivity contribution in [1.29, 1.82) is 0 Å². The molecule has 138 valence electrons. The van der Waals surface area contributed by atoms with Crippen molar-refractivity contribution in [2.24, 2.45) is 0 Å². The number of hydrogen-bond acceptors (Lipinski definition) is 6. The van der Waals surface area contributed by atoms with Gasteiger partial charge in [0.05, 0.1) is 19.8 Å². The zero-order valence-electron chi connectivity index (χ0n) is 13.7. The van der Waals surface area contributed by atoms with Gasteiger partial charge in [0.25, 0.3) is 0 Å². The van der Waals surface area contributed by atoms with Gasteiger partial charge in [-0.2, -0.15) is 0 Å². The summed E-state index contributed by atoms with van der Waals surface area (Å²) in [5.41, 5.74) is 2.66. The van der Waals surface area contributed by atoms with Crippen molar-refractivity contribution in [3.63, 3.8) is 0 Å². The Hall–Kier alpha value is -0.990. The van der Waals surface area contributed by atoms with Crippen LogP contribution in [0.5, 0.6) is 0 Å². The number of hydrogen-bond donors (Lipinski definition) is 4. The minimum atomic E-state index is -1.40. The highest BCUT2D eigenvalue weighted by Gasteiger charge is 2.43. The van der Waals surface area contributed by atoms with Crippen molar-refractivity contribution < 1.29 is 29.9 Å². The molecule has 3 rings (SSSR count). The Morgan fingerprint density at radius 2 is 1.80 bits per heavy atom. The Kier molecular flexibility index (Phi) is 6.12. The van der Waals surface area contributed by atoms with Crippen LogP contribution in [0.1, 0.15) is 30.1 Å². The van der Waals surface area contributed by atoms with E-state index < -0.39 is 37.1 Å². The van der Waals surface area contributed by atoms with Gasteiger partial charge < -0.3 is 29.9 Å². The van der Waals surface area contributed by atoms with Crippen LogP contribution in [0.2, 0.25) is 5.02 Å². The van der Waals surface area contributed by atoms with Gasteiger partial charge in [-0.3, -0.25) is 0 Å². The van der Waals surface area contributed by atoms with E-state index in [1.807, 2.05) is 6.08 Å². The normalized spacial score (nSPS) is 33.3. The average molecular weight is 371 g/mol. The third-order valence-electron chi connectivity index (χ3n) is 4.74. The number of ether oxygens (including phenoxy) is 2. The molecule has 4 N–H and O–H groups in total. The van der Waals surface area contributed by atoms with Crippen molar-refractivity contribution in [3.8, 4) is 0 Å². The van der Waals surface area contributed by atoms with Crippen LogP contribution in [0.3, 0.4) is 0 Å². The highest BCUT2D eigenvalue weighted by Crippen LogP contribution is 2.34. The molecular weight excluding hydrogens is 348 g/mol. The van der Waals surface area contributed by atoms with Gasteiger partial charge in [0.1, 0.15) is 30.5 Å². The molecule has 0 amide bonds. The molecule has 2 aliphatic rings. The first-order valence-corrected chi connectivity index (χ1v) is 8.76. The molecule has 0 saturated carbocycles. The van der Waals surface area contributed by atoms with Gasteiger partial charge in [0.2, 0.25) is 0 Å². The third-order valence-corrected chi connectivity index (χ3v) is 5.08. The van der Waals surface area contributed by atoms with Gasteiger partial charge in [-0.25, -0.2) is 0 Å². The SMILES string of the molecule is OC[C@H]1O[C@@H](c2ccc(Cl)c(C=C3CCOCC3)c2)[C@H](O)[C@@H](O)[C@@H]1O. The summed E-state index contributed by atoms with van der Waals surface area (Å²) in [6.07, 6.45) is -2.16. The lowest BCUT2D eigenvalue weighted by Gasteiger charge is -2.40. The molecule has 0 unspecified atom stereocenters. The third kappa shape index (κ3) is 4.06. The smallest absolute Gasteiger partial charge is 0.113 e. The topological polar surface area (TPSA) is 99.4 Å². The second kappa shape index (κ2) is 8.14. The fourth-order valence-electron chi connectivity index (χ4n) is 3.22. The number of rotatable bonds is 3. The van der Waals surface area contributed by atoms with Gasteiger partial charge in [0, 0.05) is 5.02 Å². The molecule has 0 aromatic heterocycles. The van der Waals surface area contributed by atoms with Gasteiger partial charge in [-0.05, 0) is 36.1 Å². The van der Waals surface area contributed by atoms with Gasteiger partial charge in [-0.1, -0.05) is 29.3 Å². The van der Waals surface area contributed by atoms with Crippen LogP contribution in [0.15, 0.2) is 23.8 Å². The zero-order chi connectivity index (χ0) is 18.0. The van der Waals surface area contributed by atoms with E-state index in [9.17, 15) is 20.4 Å². The Labute approximate surface area is 151 Å². The number of halogens is 1. The molecule has 1 aromatic carbocycles. The molecule has 25 heavy (non-hydrogen) atoms. The summed E-state index contributed by atoms with van der Waals surface area (Å²) < 4.78 is 11.0. The lowest BCUT2D eigenvalue weighted by atomic mass is 9.90. The molecule has 7 heteroatoms. The van der Waals surface area contributed by atoms with Crippen molar-refractivity contribution in [2.75, 3.05) is 19.8 Å². The second-order valence-electron chi connectivity index (χ2n) is 6.45. The minimum Gasteiger partial charge on any atom is -0.394 e. The van der Waals surface area contributed by atoms with E-state index >= 15 is 0 Å². The van der Waals surface area contributed by atoms with Crippen molar-refractivity contribution in [2.45, 2.75) is 43.4 Å². The number of aliphatic hydroxyl groups is 4. The number of aliphatic hydroxyl groups excluding tert-OH is 4. The molecule has 2 fully saturated rings. The van der Waals surface area contributed by atoms with Gasteiger partial charge in [0.15, 0.2) is 0 Å². The largest absolute Gasteiger partial charge is 0.394 e. The molecule has 0 spiro atoms. The maximum Gasteiger partial charge on any atom is 0.113 e. The van der Waals surface area contributed by atoms with Crippen LogP contribution in [0.4, 0.5) is 0 Å². The predicted octanol–water partition coefficient (Wildman–Crippen LogP) is 1.05. The Morgan fingerprint density at radius 1 is 1.08 bits per heavy atom. The van der Waals surface area contributed by atoms with E-state index in [4.69, 9.17) is 21.1 Å². The highest BCUT2D eigenvalue weighted by atomic mass is 35.5. The van der Waals surface area contributed by atoms with E-state index in [2.05, 4.69) is 0 Å². The summed E-state index contributed by atoms with van der Waals surface area (Å²) >= 11 is 6.29. The molecule has 0 bridgehead atoms. The van der Waals surface area contributed by atoms with Gasteiger partial charge in [-0.15, -0.1) is 0 Å². The Morgan fingerprint density at radius 3 is 2.48 bits per heavy atom. The molecule has 0 aliphatic carbocycles. The molecule has 2 saturated heterocycles. The quantitative estimate of drug-likeness (QED) is 0.634. The van der Waals surface area contributed by atoms with Crippen LogP contribution < -0.4 is 0 Å². The molecule has 1 aromatic rings. The summed E-state index contributed by atoms with van der Waals surface area (Å²) in [7, 11) is 0. The summed E-state index contributed by atoms with van der Waals surface area (Å²) in [5, 5.41) is 40.0. The fraction of sp³-hybridized carbons (Fsp3) is 0.556. The van der Waals surface area contributed by atoms with E-state index in [0.29, 0.717) is 23.8 Å². The fourth-order valence-corrected chi connectivity index (χ4v) is 3.40. The van der Waals surface area contributed by atoms with Crippen molar-refractivity contribution in [3.05, 3.63) is 39.9 Å². The lowest BCUT2D eigenvalue weighted by Crippen LogP contribution is -2.55. The van der Waals surface area contributed by atoms with Crippen LogP contribution in [0, 0.1) is 0 Å². The summed E-state index contributed by atoms with van der Waals surface area (Å²) in [4.78, 5) is 0. The molecule has 6 nitrogen and oxygen atoms in total. The van der Waals surface area contributed by atoms with Crippen LogP contribution in [0.25, 0.3) is 6.08 Å². The number of benzene rings is 1. The Balaban J connectivity index is 1.88. The van der Waals surface area contributed by atoms with E-state index in [1.54, 1.807) is 18.2 Å². The Bertz CT molecular complexity index is 624. The second-order valence-corrected chi connectivity index (χ2v) is 6.85. The van der Waals surface area contributed by atoms with E-state index in [-0.39, 0.29) is 0 Å². The first-order valence-electron chi connectivity index (χ1n) is 8.38. The lowest BCUT2D eigenvalue weighted by molar-refractivity contribution is -0.231. The predicted molar refractivity (Wildman–Crippen MR) is 92.2 cm³/mol. The van der Waals surface area contributed by atoms with Crippen molar-refractivity contribution >= 4 is 17.7 Å². The molecule has 2 aliphatic heterocycles.